The van der Waals surface area contributed by atoms with Gasteiger partial charge in [0.2, 0.25) is 0 Å². The van der Waals surface area contributed by atoms with Gasteiger partial charge < -0.3 is 4.74 Å². The lowest BCUT2D eigenvalue weighted by Crippen LogP contribution is -2.45. The Balaban J connectivity index is 2.24. The summed E-state index contributed by atoms with van der Waals surface area (Å²) in [7, 11) is 1.76. The minimum absolute atomic E-state index is 0.408. The second kappa shape index (κ2) is 2.76. The Kier molecular flexibility index (Phi) is 1.94. The maximum atomic E-state index is 5.18. The van der Waals surface area contributed by atoms with Crippen molar-refractivity contribution >= 4 is 0 Å². The van der Waals surface area contributed by atoms with Crippen molar-refractivity contribution < 1.29 is 4.74 Å². The minimum Gasteiger partial charge on any atom is -0.504 e. The van der Waals surface area contributed by atoms with Crippen LogP contribution in [-0.4, -0.2) is 7.11 Å². The Hall–Kier alpha value is -0.460. The zero-order valence-corrected chi connectivity index (χ0v) is 9.13. The Morgan fingerprint density at radius 1 is 1.38 bits per heavy atom. The molecule has 0 heterocycles. The van der Waals surface area contributed by atoms with Crippen LogP contribution < -0.4 is 0 Å². The molecule has 2 saturated carbocycles. The first-order valence-corrected chi connectivity index (χ1v) is 5.32. The Morgan fingerprint density at radius 2 is 2.08 bits per heavy atom. The number of allylic oxidation sites excluding steroid dienone is 1. The van der Waals surface area contributed by atoms with E-state index in [2.05, 4.69) is 20.8 Å². The summed E-state index contributed by atoms with van der Waals surface area (Å²) >= 11 is 0. The molecule has 0 bridgehead atoms. The molecule has 1 nitrogen and oxygen atoms in total. The van der Waals surface area contributed by atoms with Crippen LogP contribution in [0.5, 0.6) is 0 Å². The van der Waals surface area contributed by atoms with Crippen molar-refractivity contribution in [2.24, 2.45) is 23.2 Å². The van der Waals surface area contributed by atoms with Crippen LogP contribution in [0.4, 0.5) is 0 Å². The zero-order chi connectivity index (χ0) is 9.64. The van der Waals surface area contributed by atoms with Crippen LogP contribution in [0.1, 0.15) is 33.6 Å². The highest BCUT2D eigenvalue weighted by Gasteiger charge is 2.56. The van der Waals surface area contributed by atoms with E-state index in [0.29, 0.717) is 5.41 Å². The highest BCUT2D eigenvalue weighted by atomic mass is 16.5. The third-order valence-electron chi connectivity index (χ3n) is 4.25. The topological polar surface area (TPSA) is 9.23 Å². The van der Waals surface area contributed by atoms with Crippen LogP contribution in [0.3, 0.4) is 0 Å². The molecular weight excluding hydrogens is 160 g/mol. The maximum absolute atomic E-state index is 5.18. The first kappa shape index (κ1) is 9.11. The van der Waals surface area contributed by atoms with Gasteiger partial charge in [0.05, 0.1) is 13.4 Å². The quantitative estimate of drug-likeness (QED) is 0.563. The van der Waals surface area contributed by atoms with Crippen LogP contribution in [0.25, 0.3) is 0 Å². The van der Waals surface area contributed by atoms with Gasteiger partial charge in [-0.3, -0.25) is 0 Å². The third-order valence-corrected chi connectivity index (χ3v) is 4.25. The summed E-state index contributed by atoms with van der Waals surface area (Å²) in [6.45, 7) is 7.09. The SMILES string of the molecule is CO/C=C1/[C@@H]2[C@@H](CC[C@@H]2C)C1(C)C. The summed E-state index contributed by atoms with van der Waals surface area (Å²) in [5.41, 5.74) is 1.95. The van der Waals surface area contributed by atoms with Crippen molar-refractivity contribution in [3.63, 3.8) is 0 Å². The molecule has 0 unspecified atom stereocenters. The average molecular weight is 180 g/mol. The van der Waals surface area contributed by atoms with Gasteiger partial charge in [-0.2, -0.15) is 0 Å². The van der Waals surface area contributed by atoms with Crippen LogP contribution >= 0.6 is 0 Å². The van der Waals surface area contributed by atoms with E-state index in [4.69, 9.17) is 4.74 Å². The van der Waals surface area contributed by atoms with Gasteiger partial charge >= 0.3 is 0 Å². The fraction of sp³-hybridized carbons (Fsp3) is 0.833. The normalized spacial score (nSPS) is 44.3. The molecule has 0 aromatic carbocycles. The van der Waals surface area contributed by atoms with Crippen LogP contribution in [0.2, 0.25) is 0 Å². The highest BCUT2D eigenvalue weighted by Crippen LogP contribution is 2.64. The second-order valence-corrected chi connectivity index (χ2v) is 5.22. The molecule has 1 heteroatoms. The van der Waals surface area contributed by atoms with E-state index >= 15 is 0 Å². The lowest BCUT2D eigenvalue weighted by atomic mass is 9.52. The molecular formula is C12H20O. The number of rotatable bonds is 1. The van der Waals surface area contributed by atoms with Crippen LogP contribution in [-0.2, 0) is 4.74 Å². The molecule has 0 aromatic heterocycles. The van der Waals surface area contributed by atoms with Gasteiger partial charge in [0.15, 0.2) is 0 Å². The molecule has 2 fully saturated rings. The van der Waals surface area contributed by atoms with E-state index < -0.39 is 0 Å². The van der Waals surface area contributed by atoms with Crippen molar-refractivity contribution in [3.05, 3.63) is 11.8 Å². The summed E-state index contributed by atoms with van der Waals surface area (Å²) in [6.07, 6.45) is 4.81. The predicted octanol–water partition coefficient (Wildman–Crippen LogP) is 3.22. The number of hydrogen-bond donors (Lipinski definition) is 0. The monoisotopic (exact) mass is 180 g/mol. The van der Waals surface area contributed by atoms with Gasteiger partial charge in [-0.05, 0) is 41.6 Å². The van der Waals surface area contributed by atoms with Gasteiger partial charge in [0, 0.05) is 0 Å². The molecule has 0 saturated heterocycles. The van der Waals surface area contributed by atoms with Crippen LogP contribution in [0, 0.1) is 23.2 Å². The highest BCUT2D eigenvalue weighted by molar-refractivity contribution is 5.30. The minimum atomic E-state index is 0.408. The molecule has 2 aliphatic rings. The average Bonchev–Trinajstić information content (AvgIpc) is 2.41. The molecule has 2 rings (SSSR count). The van der Waals surface area contributed by atoms with Crippen molar-refractivity contribution in [1.29, 1.82) is 0 Å². The molecule has 0 spiro atoms. The van der Waals surface area contributed by atoms with Crippen molar-refractivity contribution in [3.8, 4) is 0 Å². The van der Waals surface area contributed by atoms with Crippen molar-refractivity contribution in [2.45, 2.75) is 33.6 Å². The predicted molar refractivity (Wildman–Crippen MR) is 54.3 cm³/mol. The summed E-state index contributed by atoms with van der Waals surface area (Å²) in [5.74, 6) is 2.62. The molecule has 0 N–H and O–H groups in total. The molecule has 2 aliphatic carbocycles. The number of ether oxygens (including phenoxy) is 1. The second-order valence-electron chi connectivity index (χ2n) is 5.22. The van der Waals surface area contributed by atoms with Gasteiger partial charge in [-0.1, -0.05) is 20.8 Å². The first-order valence-electron chi connectivity index (χ1n) is 5.32. The maximum Gasteiger partial charge on any atom is 0.0825 e. The van der Waals surface area contributed by atoms with E-state index in [1.54, 1.807) is 12.7 Å². The first-order chi connectivity index (χ1) is 6.09. The smallest absolute Gasteiger partial charge is 0.0825 e. The summed E-state index contributed by atoms with van der Waals surface area (Å²) < 4.78 is 5.18. The fourth-order valence-corrected chi connectivity index (χ4v) is 3.44. The largest absolute Gasteiger partial charge is 0.504 e. The summed E-state index contributed by atoms with van der Waals surface area (Å²) in [6, 6.07) is 0. The summed E-state index contributed by atoms with van der Waals surface area (Å²) in [5, 5.41) is 0. The number of fused-ring (bicyclic) bond motifs is 1. The van der Waals surface area contributed by atoms with E-state index in [9.17, 15) is 0 Å². The van der Waals surface area contributed by atoms with Gasteiger partial charge in [-0.25, -0.2) is 0 Å². The molecule has 0 aliphatic heterocycles. The van der Waals surface area contributed by atoms with E-state index in [1.165, 1.54) is 12.8 Å². The zero-order valence-electron chi connectivity index (χ0n) is 9.13. The Labute approximate surface area is 81.2 Å². The summed E-state index contributed by atoms with van der Waals surface area (Å²) in [4.78, 5) is 0. The Morgan fingerprint density at radius 3 is 2.69 bits per heavy atom. The number of methoxy groups -OCH3 is 1. The van der Waals surface area contributed by atoms with Gasteiger partial charge in [-0.15, -0.1) is 0 Å². The Bertz CT molecular complexity index is 240. The van der Waals surface area contributed by atoms with Crippen LogP contribution in [0.15, 0.2) is 11.8 Å². The standard InChI is InChI=1S/C12H20O/c1-8-5-6-9-11(8)10(7-13-4)12(9,2)3/h7-9,11H,5-6H2,1-4H3/b10-7-/t8-,9+,11-/m0/s1. The van der Waals surface area contributed by atoms with Crippen molar-refractivity contribution in [2.75, 3.05) is 7.11 Å². The fourth-order valence-electron chi connectivity index (χ4n) is 3.44. The van der Waals surface area contributed by atoms with Gasteiger partial charge in [0.1, 0.15) is 0 Å². The molecule has 74 valence electrons. The molecule has 0 amide bonds. The lowest BCUT2D eigenvalue weighted by molar-refractivity contribution is 0.0834. The van der Waals surface area contributed by atoms with E-state index in [0.717, 1.165) is 17.8 Å². The van der Waals surface area contributed by atoms with E-state index in [1.807, 2.05) is 6.26 Å². The van der Waals surface area contributed by atoms with Crippen molar-refractivity contribution in [1.82, 2.24) is 0 Å². The van der Waals surface area contributed by atoms with Gasteiger partial charge in [0.25, 0.3) is 0 Å². The molecule has 0 aromatic rings. The molecule has 13 heavy (non-hydrogen) atoms. The third kappa shape index (κ3) is 1.06. The lowest BCUT2D eigenvalue weighted by Gasteiger charge is -2.52. The molecule has 0 radical (unpaired) electrons. The van der Waals surface area contributed by atoms with E-state index in [-0.39, 0.29) is 0 Å². The molecule has 3 atom stereocenters. The number of hydrogen-bond acceptors (Lipinski definition) is 1.